The van der Waals surface area contributed by atoms with E-state index in [1.165, 1.54) is 12.8 Å². The van der Waals surface area contributed by atoms with Crippen LogP contribution in [0.1, 0.15) is 88.0 Å². The lowest BCUT2D eigenvalue weighted by Crippen LogP contribution is -2.57. The van der Waals surface area contributed by atoms with Crippen molar-refractivity contribution in [2.75, 3.05) is 0 Å². The summed E-state index contributed by atoms with van der Waals surface area (Å²) in [5.74, 6) is 1.35. The number of amides is 1. The van der Waals surface area contributed by atoms with E-state index in [0.29, 0.717) is 11.3 Å². The molecule has 0 radical (unpaired) electrons. The van der Waals surface area contributed by atoms with Crippen molar-refractivity contribution in [2.24, 2.45) is 17.3 Å². The van der Waals surface area contributed by atoms with E-state index in [-0.39, 0.29) is 17.0 Å². The minimum absolute atomic E-state index is 0.115. The van der Waals surface area contributed by atoms with Gasteiger partial charge in [-0.3, -0.25) is 4.79 Å². The average Bonchev–Trinajstić information content (AvgIpc) is 2.24. The van der Waals surface area contributed by atoms with Gasteiger partial charge in [0.25, 0.3) is 0 Å². The summed E-state index contributed by atoms with van der Waals surface area (Å²) in [5, 5.41) is 0. The van der Waals surface area contributed by atoms with Crippen LogP contribution in [-0.2, 0) is 4.79 Å². The molecular weight excluding hydrogens is 258 g/mol. The minimum atomic E-state index is -0.115. The fourth-order valence-corrected chi connectivity index (χ4v) is 4.06. The fraction of sp³-hybridized carbons (Fsp3) is 0.947. The quantitative estimate of drug-likeness (QED) is 0.645. The second-order valence-corrected chi connectivity index (χ2v) is 9.93. The molecule has 1 rings (SSSR count). The first kappa shape index (κ1) is 18.5. The Morgan fingerprint density at radius 3 is 1.43 bits per heavy atom. The summed E-state index contributed by atoms with van der Waals surface area (Å²) in [6, 6.07) is 0. The van der Waals surface area contributed by atoms with Gasteiger partial charge < -0.3 is 4.90 Å². The third-order valence-electron chi connectivity index (χ3n) is 4.86. The van der Waals surface area contributed by atoms with E-state index < -0.39 is 0 Å². The summed E-state index contributed by atoms with van der Waals surface area (Å²) < 4.78 is 0. The van der Waals surface area contributed by atoms with Gasteiger partial charge in [0.2, 0.25) is 5.91 Å². The molecule has 0 saturated heterocycles. The molecule has 1 saturated carbocycles. The molecule has 124 valence electrons. The van der Waals surface area contributed by atoms with E-state index in [1.807, 2.05) is 0 Å². The molecule has 1 aliphatic rings. The monoisotopic (exact) mass is 295 g/mol. The second kappa shape index (κ2) is 5.93. The topological polar surface area (TPSA) is 20.3 Å². The first-order valence-corrected chi connectivity index (χ1v) is 8.59. The maximum absolute atomic E-state index is 13.1. The Morgan fingerprint density at radius 1 is 0.762 bits per heavy atom. The standard InChI is InChI=1S/C19H37NO/c1-17(2,3)15-12-10-14(11-13-15)16(21)20(18(4,5)6)19(7,8)9/h14-15H,10-13H2,1-9H3. The van der Waals surface area contributed by atoms with Crippen LogP contribution in [-0.4, -0.2) is 21.9 Å². The van der Waals surface area contributed by atoms with Crippen molar-refractivity contribution in [3.63, 3.8) is 0 Å². The zero-order valence-electron chi connectivity index (χ0n) is 15.8. The third kappa shape index (κ3) is 4.72. The van der Waals surface area contributed by atoms with E-state index in [1.54, 1.807) is 0 Å². The van der Waals surface area contributed by atoms with Gasteiger partial charge in [0.15, 0.2) is 0 Å². The van der Waals surface area contributed by atoms with E-state index in [2.05, 4.69) is 67.2 Å². The molecule has 21 heavy (non-hydrogen) atoms. The van der Waals surface area contributed by atoms with Crippen LogP contribution in [0.25, 0.3) is 0 Å². The third-order valence-corrected chi connectivity index (χ3v) is 4.86. The Kier molecular flexibility index (Phi) is 5.23. The van der Waals surface area contributed by atoms with Gasteiger partial charge >= 0.3 is 0 Å². The van der Waals surface area contributed by atoms with Gasteiger partial charge in [-0.15, -0.1) is 0 Å². The Balaban J connectivity index is 2.81. The first-order chi connectivity index (χ1) is 9.24. The Labute approximate surface area is 132 Å². The predicted octanol–water partition coefficient (Wildman–Crippen LogP) is 5.26. The number of rotatable bonds is 1. The van der Waals surface area contributed by atoms with Crippen molar-refractivity contribution in [3.05, 3.63) is 0 Å². The molecule has 2 heteroatoms. The molecule has 0 aromatic heterocycles. The van der Waals surface area contributed by atoms with Crippen molar-refractivity contribution in [1.29, 1.82) is 0 Å². The molecule has 0 bridgehead atoms. The maximum Gasteiger partial charge on any atom is 0.226 e. The van der Waals surface area contributed by atoms with Gasteiger partial charge in [-0.25, -0.2) is 0 Å². The Hall–Kier alpha value is -0.530. The highest BCUT2D eigenvalue weighted by molar-refractivity contribution is 5.80. The van der Waals surface area contributed by atoms with Gasteiger partial charge in [-0.05, 0) is 78.6 Å². The fourth-order valence-electron chi connectivity index (χ4n) is 4.06. The van der Waals surface area contributed by atoms with Gasteiger partial charge in [-0.1, -0.05) is 20.8 Å². The normalized spacial score (nSPS) is 24.8. The Bertz CT molecular complexity index is 342. The summed E-state index contributed by atoms with van der Waals surface area (Å²) in [6.45, 7) is 19.9. The number of carbonyl (C=O) groups excluding carboxylic acids is 1. The molecule has 1 aliphatic carbocycles. The molecule has 2 nitrogen and oxygen atoms in total. The van der Waals surface area contributed by atoms with Crippen LogP contribution in [0, 0.1) is 17.3 Å². The lowest BCUT2D eigenvalue weighted by Gasteiger charge is -2.48. The van der Waals surface area contributed by atoms with Gasteiger partial charge in [-0.2, -0.15) is 0 Å². The number of hydrogen-bond acceptors (Lipinski definition) is 1. The van der Waals surface area contributed by atoms with Crippen LogP contribution in [0.4, 0.5) is 0 Å². The van der Waals surface area contributed by atoms with Gasteiger partial charge in [0.05, 0.1) is 0 Å². The smallest absolute Gasteiger partial charge is 0.226 e. The molecular formula is C19H37NO. The highest BCUT2D eigenvalue weighted by Crippen LogP contribution is 2.41. The molecule has 0 spiro atoms. The molecule has 0 heterocycles. The summed E-state index contributed by atoms with van der Waals surface area (Å²) >= 11 is 0. The summed E-state index contributed by atoms with van der Waals surface area (Å²) in [6.07, 6.45) is 4.51. The zero-order valence-corrected chi connectivity index (χ0v) is 15.8. The minimum Gasteiger partial charge on any atom is -0.333 e. The van der Waals surface area contributed by atoms with Crippen molar-refractivity contribution in [2.45, 2.75) is 99.1 Å². The SMILES string of the molecule is CC(C)(C)C1CCC(C(=O)N(C(C)(C)C)C(C)(C)C)CC1. The van der Waals surface area contributed by atoms with Crippen molar-refractivity contribution < 1.29 is 4.79 Å². The lowest BCUT2D eigenvalue weighted by atomic mass is 9.69. The molecule has 0 N–H and O–H groups in total. The van der Waals surface area contributed by atoms with Crippen LogP contribution in [0.5, 0.6) is 0 Å². The predicted molar refractivity (Wildman–Crippen MR) is 91.3 cm³/mol. The van der Waals surface area contributed by atoms with Crippen molar-refractivity contribution in [1.82, 2.24) is 4.90 Å². The van der Waals surface area contributed by atoms with Crippen LogP contribution in [0.15, 0.2) is 0 Å². The highest BCUT2D eigenvalue weighted by Gasteiger charge is 2.40. The van der Waals surface area contributed by atoms with Gasteiger partial charge in [0, 0.05) is 17.0 Å². The largest absolute Gasteiger partial charge is 0.333 e. The maximum atomic E-state index is 13.1. The molecule has 1 amide bonds. The first-order valence-electron chi connectivity index (χ1n) is 8.59. The van der Waals surface area contributed by atoms with Crippen LogP contribution in [0.2, 0.25) is 0 Å². The molecule has 0 aromatic rings. The number of nitrogens with zero attached hydrogens (tertiary/aromatic N) is 1. The number of carbonyl (C=O) groups is 1. The van der Waals surface area contributed by atoms with Gasteiger partial charge in [0.1, 0.15) is 0 Å². The zero-order chi connectivity index (χ0) is 16.6. The van der Waals surface area contributed by atoms with Crippen LogP contribution in [0.3, 0.4) is 0 Å². The summed E-state index contributed by atoms with van der Waals surface area (Å²) in [7, 11) is 0. The molecule has 0 aromatic carbocycles. The van der Waals surface area contributed by atoms with E-state index >= 15 is 0 Å². The van der Waals surface area contributed by atoms with Crippen molar-refractivity contribution in [3.8, 4) is 0 Å². The number of hydrogen-bond donors (Lipinski definition) is 0. The van der Waals surface area contributed by atoms with E-state index in [4.69, 9.17) is 0 Å². The summed E-state index contributed by atoms with van der Waals surface area (Å²) in [4.78, 5) is 15.2. The average molecular weight is 296 g/mol. The Morgan fingerprint density at radius 2 is 1.14 bits per heavy atom. The second-order valence-electron chi connectivity index (χ2n) is 9.93. The molecule has 0 atom stereocenters. The molecule has 1 fully saturated rings. The van der Waals surface area contributed by atoms with E-state index in [0.717, 1.165) is 18.8 Å². The molecule has 0 unspecified atom stereocenters. The molecule has 0 aliphatic heterocycles. The van der Waals surface area contributed by atoms with Crippen LogP contribution < -0.4 is 0 Å². The van der Waals surface area contributed by atoms with Crippen LogP contribution >= 0.6 is 0 Å². The lowest BCUT2D eigenvalue weighted by molar-refractivity contribution is -0.149. The summed E-state index contributed by atoms with van der Waals surface area (Å²) in [5.41, 5.74) is 0.147. The van der Waals surface area contributed by atoms with Crippen molar-refractivity contribution >= 4 is 5.91 Å². The van der Waals surface area contributed by atoms with E-state index in [9.17, 15) is 4.79 Å². The highest BCUT2D eigenvalue weighted by atomic mass is 16.2.